The van der Waals surface area contributed by atoms with Crippen molar-refractivity contribution in [3.05, 3.63) is 70.9 Å². The predicted molar refractivity (Wildman–Crippen MR) is 87.5 cm³/mol. The molecule has 0 fully saturated rings. The van der Waals surface area contributed by atoms with Gasteiger partial charge in [-0.1, -0.05) is 35.9 Å². The van der Waals surface area contributed by atoms with Crippen molar-refractivity contribution in [1.29, 1.82) is 0 Å². The highest BCUT2D eigenvalue weighted by Crippen LogP contribution is 2.21. The molecule has 106 valence electrons. The Kier molecular flexibility index (Phi) is 3.93. The summed E-state index contributed by atoms with van der Waals surface area (Å²) in [7, 11) is 0. The molecule has 0 unspecified atom stereocenters. The van der Waals surface area contributed by atoms with Crippen molar-refractivity contribution in [3.8, 4) is 11.3 Å². The van der Waals surface area contributed by atoms with E-state index in [2.05, 4.69) is 39.8 Å². The molecule has 3 aromatic rings. The first-order valence-corrected chi connectivity index (χ1v) is 7.19. The number of rotatable bonds is 4. The van der Waals surface area contributed by atoms with Gasteiger partial charge in [0.05, 0.1) is 5.69 Å². The van der Waals surface area contributed by atoms with Gasteiger partial charge in [0.15, 0.2) is 0 Å². The number of aromatic amines is 1. The summed E-state index contributed by atoms with van der Waals surface area (Å²) in [6, 6.07) is 16.3. The highest BCUT2D eigenvalue weighted by Gasteiger charge is 2.01. The van der Waals surface area contributed by atoms with E-state index in [4.69, 9.17) is 11.6 Å². The lowest BCUT2D eigenvalue weighted by Gasteiger charge is -2.09. The summed E-state index contributed by atoms with van der Waals surface area (Å²) in [4.78, 5) is 0. The quantitative estimate of drug-likeness (QED) is 0.736. The number of anilines is 1. The van der Waals surface area contributed by atoms with E-state index in [1.165, 1.54) is 0 Å². The Labute approximate surface area is 129 Å². The third-order valence-electron chi connectivity index (χ3n) is 3.41. The van der Waals surface area contributed by atoms with E-state index in [1.807, 2.05) is 31.2 Å². The second-order valence-corrected chi connectivity index (χ2v) is 5.40. The van der Waals surface area contributed by atoms with Crippen molar-refractivity contribution >= 4 is 17.3 Å². The molecular formula is C17H16ClN3. The maximum absolute atomic E-state index is 6.15. The highest BCUT2D eigenvalue weighted by atomic mass is 35.5. The molecule has 21 heavy (non-hydrogen) atoms. The molecule has 1 heterocycles. The first-order valence-electron chi connectivity index (χ1n) is 6.81. The van der Waals surface area contributed by atoms with Crippen molar-refractivity contribution in [2.75, 3.05) is 5.32 Å². The second kappa shape index (κ2) is 6.02. The highest BCUT2D eigenvalue weighted by molar-refractivity contribution is 6.31. The molecule has 4 heteroatoms. The van der Waals surface area contributed by atoms with Crippen molar-refractivity contribution in [1.82, 2.24) is 10.2 Å². The molecule has 1 aromatic heterocycles. The van der Waals surface area contributed by atoms with Gasteiger partial charge in [0.1, 0.15) is 0 Å². The third-order valence-corrected chi connectivity index (χ3v) is 3.81. The van der Waals surface area contributed by atoms with E-state index < -0.39 is 0 Å². The van der Waals surface area contributed by atoms with Gasteiger partial charge < -0.3 is 5.32 Å². The summed E-state index contributed by atoms with van der Waals surface area (Å²) in [6.45, 7) is 2.75. The summed E-state index contributed by atoms with van der Waals surface area (Å²) < 4.78 is 0. The minimum atomic E-state index is 0.742. The normalized spacial score (nSPS) is 10.6. The van der Waals surface area contributed by atoms with Gasteiger partial charge in [0.25, 0.3) is 0 Å². The SMILES string of the molecule is Cc1ccc(CNc2cccc(-c3ccn[nH]3)c2)cc1Cl. The Morgan fingerprint density at radius 3 is 2.81 bits per heavy atom. The number of benzene rings is 2. The van der Waals surface area contributed by atoms with Crippen LogP contribution in [0.15, 0.2) is 54.7 Å². The van der Waals surface area contributed by atoms with E-state index in [0.29, 0.717) is 0 Å². The van der Waals surface area contributed by atoms with Gasteiger partial charge in [0, 0.05) is 29.0 Å². The monoisotopic (exact) mass is 297 g/mol. The van der Waals surface area contributed by atoms with Crippen LogP contribution in [0, 0.1) is 6.92 Å². The van der Waals surface area contributed by atoms with E-state index >= 15 is 0 Å². The lowest BCUT2D eigenvalue weighted by atomic mass is 10.1. The lowest BCUT2D eigenvalue weighted by molar-refractivity contribution is 1.09. The number of aromatic nitrogens is 2. The zero-order valence-electron chi connectivity index (χ0n) is 11.7. The van der Waals surface area contributed by atoms with Gasteiger partial charge in [-0.2, -0.15) is 5.10 Å². The third kappa shape index (κ3) is 3.26. The van der Waals surface area contributed by atoms with Gasteiger partial charge in [-0.3, -0.25) is 5.10 Å². The van der Waals surface area contributed by atoms with Crippen molar-refractivity contribution in [3.63, 3.8) is 0 Å². The molecule has 0 spiro atoms. The number of H-pyrrole nitrogens is 1. The van der Waals surface area contributed by atoms with Crippen LogP contribution in [0.2, 0.25) is 5.02 Å². The van der Waals surface area contributed by atoms with Crippen molar-refractivity contribution < 1.29 is 0 Å². The smallest absolute Gasteiger partial charge is 0.0650 e. The molecule has 0 aliphatic heterocycles. The topological polar surface area (TPSA) is 40.7 Å². The zero-order valence-corrected chi connectivity index (χ0v) is 12.5. The summed E-state index contributed by atoms with van der Waals surface area (Å²) in [5.41, 5.74) is 5.45. The lowest BCUT2D eigenvalue weighted by Crippen LogP contribution is -1.99. The fraction of sp³-hybridized carbons (Fsp3) is 0.118. The van der Waals surface area contributed by atoms with Crippen LogP contribution in [0.25, 0.3) is 11.3 Å². The van der Waals surface area contributed by atoms with Crippen LogP contribution in [0.4, 0.5) is 5.69 Å². The minimum absolute atomic E-state index is 0.742. The molecule has 0 atom stereocenters. The molecule has 0 saturated carbocycles. The summed E-state index contributed by atoms with van der Waals surface area (Å²) in [6.07, 6.45) is 1.75. The summed E-state index contributed by atoms with van der Waals surface area (Å²) in [5, 5.41) is 11.2. The number of hydrogen-bond donors (Lipinski definition) is 2. The molecule has 0 saturated heterocycles. The van der Waals surface area contributed by atoms with Crippen LogP contribution in [-0.2, 0) is 6.54 Å². The molecule has 0 radical (unpaired) electrons. The van der Waals surface area contributed by atoms with Gasteiger partial charge in [-0.25, -0.2) is 0 Å². The average Bonchev–Trinajstić information content (AvgIpc) is 3.03. The van der Waals surface area contributed by atoms with E-state index in [9.17, 15) is 0 Å². The molecule has 0 aliphatic carbocycles. The number of nitrogens with zero attached hydrogens (tertiary/aromatic N) is 1. The van der Waals surface area contributed by atoms with Crippen molar-refractivity contribution in [2.24, 2.45) is 0 Å². The Bertz CT molecular complexity index is 736. The van der Waals surface area contributed by atoms with E-state index in [0.717, 1.165) is 39.6 Å². The zero-order chi connectivity index (χ0) is 14.7. The van der Waals surface area contributed by atoms with Crippen LogP contribution >= 0.6 is 11.6 Å². The van der Waals surface area contributed by atoms with Crippen LogP contribution in [-0.4, -0.2) is 10.2 Å². The van der Waals surface area contributed by atoms with Gasteiger partial charge >= 0.3 is 0 Å². The maximum atomic E-state index is 6.15. The fourth-order valence-corrected chi connectivity index (χ4v) is 2.37. The average molecular weight is 298 g/mol. The van der Waals surface area contributed by atoms with Gasteiger partial charge in [0.2, 0.25) is 0 Å². The molecule has 0 amide bonds. The molecule has 2 aromatic carbocycles. The minimum Gasteiger partial charge on any atom is -0.381 e. The molecule has 3 nitrogen and oxygen atoms in total. The number of halogens is 1. The Balaban J connectivity index is 1.73. The van der Waals surface area contributed by atoms with Crippen LogP contribution in [0.1, 0.15) is 11.1 Å². The Morgan fingerprint density at radius 1 is 1.14 bits per heavy atom. The van der Waals surface area contributed by atoms with E-state index in [-0.39, 0.29) is 0 Å². The van der Waals surface area contributed by atoms with Crippen molar-refractivity contribution in [2.45, 2.75) is 13.5 Å². The number of nitrogens with one attached hydrogen (secondary N) is 2. The largest absolute Gasteiger partial charge is 0.381 e. The molecule has 3 rings (SSSR count). The van der Waals surface area contributed by atoms with Crippen LogP contribution in [0.5, 0.6) is 0 Å². The molecular weight excluding hydrogens is 282 g/mol. The summed E-state index contributed by atoms with van der Waals surface area (Å²) in [5.74, 6) is 0. The number of aryl methyl sites for hydroxylation is 1. The fourth-order valence-electron chi connectivity index (χ4n) is 2.16. The molecule has 2 N–H and O–H groups in total. The predicted octanol–water partition coefficient (Wildman–Crippen LogP) is 4.65. The molecule has 0 bridgehead atoms. The van der Waals surface area contributed by atoms with Gasteiger partial charge in [-0.15, -0.1) is 0 Å². The molecule has 0 aliphatic rings. The van der Waals surface area contributed by atoms with Gasteiger partial charge in [-0.05, 0) is 42.3 Å². The Morgan fingerprint density at radius 2 is 2.05 bits per heavy atom. The Hall–Kier alpha value is -2.26. The maximum Gasteiger partial charge on any atom is 0.0650 e. The second-order valence-electron chi connectivity index (χ2n) is 4.99. The van der Waals surface area contributed by atoms with E-state index in [1.54, 1.807) is 6.20 Å². The van der Waals surface area contributed by atoms with Crippen LogP contribution in [0.3, 0.4) is 0 Å². The standard InChI is InChI=1S/C17H16ClN3/c1-12-5-6-13(9-16(12)18)11-19-15-4-2-3-14(10-15)17-7-8-20-21-17/h2-10,19H,11H2,1H3,(H,20,21). The first kappa shape index (κ1) is 13.7. The first-order chi connectivity index (χ1) is 10.2. The summed E-state index contributed by atoms with van der Waals surface area (Å²) >= 11 is 6.15. The number of hydrogen-bond acceptors (Lipinski definition) is 2. The van der Waals surface area contributed by atoms with Crippen LogP contribution < -0.4 is 5.32 Å².